The first-order valence-corrected chi connectivity index (χ1v) is 6.77. The zero-order valence-electron chi connectivity index (χ0n) is 12.2. The topological polar surface area (TPSA) is 58.6 Å². The lowest BCUT2D eigenvalue weighted by Crippen LogP contribution is -2.31. The van der Waals surface area contributed by atoms with Gasteiger partial charge >= 0.3 is 5.97 Å². The van der Waals surface area contributed by atoms with Gasteiger partial charge in [-0.2, -0.15) is 0 Å². The molecule has 4 heteroatoms. The van der Waals surface area contributed by atoms with Crippen LogP contribution in [0.1, 0.15) is 41.0 Å². The summed E-state index contributed by atoms with van der Waals surface area (Å²) in [7, 11) is 0. The van der Waals surface area contributed by atoms with Crippen molar-refractivity contribution in [2.75, 3.05) is 19.7 Å². The Morgan fingerprint density at radius 2 is 1.89 bits per heavy atom. The molecule has 0 spiro atoms. The van der Waals surface area contributed by atoms with Crippen LogP contribution in [0.3, 0.4) is 0 Å². The Hall–Kier alpha value is -0.610. The van der Waals surface area contributed by atoms with E-state index in [4.69, 9.17) is 4.74 Å². The third kappa shape index (κ3) is 3.23. The Morgan fingerprint density at radius 1 is 1.33 bits per heavy atom. The molecule has 0 aliphatic heterocycles. The molecule has 1 aliphatic rings. The van der Waals surface area contributed by atoms with Gasteiger partial charge in [0, 0.05) is 6.54 Å². The molecule has 0 aromatic carbocycles. The Morgan fingerprint density at radius 3 is 2.33 bits per heavy atom. The lowest BCUT2D eigenvalue weighted by atomic mass is 10.0. The summed E-state index contributed by atoms with van der Waals surface area (Å²) >= 11 is 0. The molecule has 0 heterocycles. The van der Waals surface area contributed by atoms with Gasteiger partial charge in [0.2, 0.25) is 0 Å². The molecule has 1 rings (SSSR count). The van der Waals surface area contributed by atoms with Crippen molar-refractivity contribution in [2.45, 2.75) is 47.1 Å². The fourth-order valence-corrected chi connectivity index (χ4v) is 2.72. The molecular formula is C14H27NO3. The third-order valence-corrected chi connectivity index (χ3v) is 4.76. The van der Waals surface area contributed by atoms with E-state index in [0.717, 1.165) is 6.54 Å². The Bertz CT molecular complexity index is 285. The fourth-order valence-electron chi connectivity index (χ4n) is 2.72. The predicted octanol–water partition coefficient (Wildman–Crippen LogP) is 1.57. The molecule has 0 radical (unpaired) electrons. The van der Waals surface area contributed by atoms with Gasteiger partial charge in [-0.1, -0.05) is 27.7 Å². The molecule has 106 valence electrons. The minimum atomic E-state index is -0.658. The number of aliphatic hydroxyl groups is 1. The van der Waals surface area contributed by atoms with E-state index in [2.05, 4.69) is 33.0 Å². The minimum Gasteiger partial charge on any atom is -0.466 e. The summed E-state index contributed by atoms with van der Waals surface area (Å²) in [6.07, 6.45) is -0.591. The van der Waals surface area contributed by atoms with Gasteiger partial charge in [-0.25, -0.2) is 0 Å². The van der Waals surface area contributed by atoms with Crippen molar-refractivity contribution in [3.63, 3.8) is 0 Å². The van der Waals surface area contributed by atoms with E-state index >= 15 is 0 Å². The summed E-state index contributed by atoms with van der Waals surface area (Å²) in [4.78, 5) is 11.2. The van der Waals surface area contributed by atoms with E-state index in [1.807, 2.05) is 0 Å². The molecule has 0 bridgehead atoms. The van der Waals surface area contributed by atoms with Crippen LogP contribution in [0.2, 0.25) is 0 Å². The van der Waals surface area contributed by atoms with Gasteiger partial charge in [-0.15, -0.1) is 0 Å². The predicted molar refractivity (Wildman–Crippen MR) is 71.2 cm³/mol. The van der Waals surface area contributed by atoms with Crippen molar-refractivity contribution in [3.8, 4) is 0 Å². The van der Waals surface area contributed by atoms with Crippen LogP contribution in [0.5, 0.6) is 0 Å². The number of esters is 1. The van der Waals surface area contributed by atoms with Crippen LogP contribution in [0.25, 0.3) is 0 Å². The average Bonchev–Trinajstić information content (AvgIpc) is 2.60. The van der Waals surface area contributed by atoms with Crippen molar-refractivity contribution in [1.82, 2.24) is 5.32 Å². The monoisotopic (exact) mass is 257 g/mol. The van der Waals surface area contributed by atoms with Gasteiger partial charge < -0.3 is 15.2 Å². The molecule has 1 atom stereocenters. The van der Waals surface area contributed by atoms with Gasteiger partial charge in [0.15, 0.2) is 0 Å². The average molecular weight is 257 g/mol. The van der Waals surface area contributed by atoms with Crippen LogP contribution in [-0.2, 0) is 9.53 Å². The molecule has 1 unspecified atom stereocenters. The van der Waals surface area contributed by atoms with E-state index in [9.17, 15) is 9.90 Å². The van der Waals surface area contributed by atoms with E-state index < -0.39 is 6.10 Å². The van der Waals surface area contributed by atoms with Crippen LogP contribution in [0.15, 0.2) is 0 Å². The highest BCUT2D eigenvalue weighted by Gasteiger charge is 2.63. The molecule has 4 nitrogen and oxygen atoms in total. The number of carbonyl (C=O) groups is 1. The first-order chi connectivity index (χ1) is 8.23. The molecular weight excluding hydrogens is 230 g/mol. The molecule has 0 aromatic rings. The Labute approximate surface area is 110 Å². The van der Waals surface area contributed by atoms with Crippen LogP contribution in [0, 0.1) is 16.7 Å². The normalized spacial score (nSPS) is 22.6. The second-order valence-electron chi connectivity index (χ2n) is 6.32. The van der Waals surface area contributed by atoms with Gasteiger partial charge in [-0.3, -0.25) is 4.79 Å². The van der Waals surface area contributed by atoms with Gasteiger partial charge in [-0.05, 0) is 30.2 Å². The largest absolute Gasteiger partial charge is 0.466 e. The summed E-state index contributed by atoms with van der Waals surface area (Å²) in [5.41, 5.74) is 0.707. The molecule has 0 aromatic heterocycles. The molecule has 1 saturated carbocycles. The number of aliphatic hydroxyl groups excluding tert-OH is 1. The van der Waals surface area contributed by atoms with Crippen molar-refractivity contribution < 1.29 is 14.6 Å². The third-order valence-electron chi connectivity index (χ3n) is 4.76. The number of hydrogen-bond donors (Lipinski definition) is 2. The molecule has 0 amide bonds. The molecule has 18 heavy (non-hydrogen) atoms. The van der Waals surface area contributed by atoms with Crippen molar-refractivity contribution in [3.05, 3.63) is 0 Å². The standard InChI is InChI=1S/C14H27NO3/c1-6-18-12(17)7-10(16)8-15-9-11-13(2,3)14(11,4)5/h10-11,15-16H,6-9H2,1-5H3. The number of ether oxygens (including phenoxy) is 1. The zero-order valence-corrected chi connectivity index (χ0v) is 12.2. The summed E-state index contributed by atoms with van der Waals surface area (Å²) in [6, 6.07) is 0. The van der Waals surface area contributed by atoms with Gasteiger partial charge in [0.1, 0.15) is 0 Å². The molecule has 1 aliphatic carbocycles. The maximum Gasteiger partial charge on any atom is 0.308 e. The fraction of sp³-hybridized carbons (Fsp3) is 0.929. The van der Waals surface area contributed by atoms with E-state index in [0.29, 0.717) is 29.9 Å². The van der Waals surface area contributed by atoms with Gasteiger partial charge in [0.25, 0.3) is 0 Å². The SMILES string of the molecule is CCOC(=O)CC(O)CNCC1C(C)(C)C1(C)C. The smallest absolute Gasteiger partial charge is 0.308 e. The summed E-state index contributed by atoms with van der Waals surface area (Å²) < 4.78 is 4.79. The maximum atomic E-state index is 11.2. The molecule has 1 fully saturated rings. The van der Waals surface area contributed by atoms with Crippen LogP contribution in [0.4, 0.5) is 0 Å². The first-order valence-electron chi connectivity index (χ1n) is 6.77. The van der Waals surface area contributed by atoms with Crippen LogP contribution < -0.4 is 5.32 Å². The summed E-state index contributed by atoms with van der Waals surface area (Å²) in [5, 5.41) is 12.9. The lowest BCUT2D eigenvalue weighted by molar-refractivity contribution is -0.145. The number of rotatable bonds is 7. The zero-order chi connectivity index (χ0) is 14.0. The second-order valence-corrected chi connectivity index (χ2v) is 6.32. The number of carbonyl (C=O) groups excluding carboxylic acids is 1. The minimum absolute atomic E-state index is 0.0678. The highest BCUT2D eigenvalue weighted by Crippen LogP contribution is 2.67. The van der Waals surface area contributed by atoms with E-state index in [1.165, 1.54) is 0 Å². The van der Waals surface area contributed by atoms with Crippen molar-refractivity contribution >= 4 is 5.97 Å². The highest BCUT2D eigenvalue weighted by molar-refractivity contribution is 5.69. The first kappa shape index (κ1) is 15.4. The Balaban J connectivity index is 2.18. The molecule has 0 saturated heterocycles. The van der Waals surface area contributed by atoms with Crippen LogP contribution >= 0.6 is 0 Å². The maximum absolute atomic E-state index is 11.2. The summed E-state index contributed by atoms with van der Waals surface area (Å²) in [5.74, 6) is 0.290. The van der Waals surface area contributed by atoms with E-state index in [-0.39, 0.29) is 12.4 Å². The quantitative estimate of drug-likeness (QED) is 0.680. The van der Waals surface area contributed by atoms with Crippen molar-refractivity contribution in [1.29, 1.82) is 0 Å². The Kier molecular flexibility index (Phi) is 4.78. The van der Waals surface area contributed by atoms with Gasteiger partial charge in [0.05, 0.1) is 19.1 Å². The second kappa shape index (κ2) is 5.57. The number of hydrogen-bond acceptors (Lipinski definition) is 4. The lowest BCUT2D eigenvalue weighted by Gasteiger charge is -2.11. The van der Waals surface area contributed by atoms with Crippen molar-refractivity contribution in [2.24, 2.45) is 16.7 Å². The number of nitrogens with one attached hydrogen (secondary N) is 1. The molecule has 2 N–H and O–H groups in total. The highest BCUT2D eigenvalue weighted by atomic mass is 16.5. The van der Waals surface area contributed by atoms with E-state index in [1.54, 1.807) is 6.92 Å². The van der Waals surface area contributed by atoms with Crippen LogP contribution in [-0.4, -0.2) is 36.9 Å². The summed E-state index contributed by atoms with van der Waals surface area (Å²) in [6.45, 7) is 12.6.